The summed E-state index contributed by atoms with van der Waals surface area (Å²) in [5, 5.41) is 1.60. The van der Waals surface area contributed by atoms with E-state index >= 15 is 0 Å². The van der Waals surface area contributed by atoms with Crippen molar-refractivity contribution < 1.29 is 4.79 Å². The van der Waals surface area contributed by atoms with Crippen LogP contribution >= 0.6 is 11.6 Å². The van der Waals surface area contributed by atoms with Gasteiger partial charge in [0.05, 0.1) is 0 Å². The molecule has 2 nitrogen and oxygen atoms in total. The molecule has 0 atom stereocenters. The number of Topliss-reactive ketones (excluding diaryl/α,β-unsaturated/α-hetero) is 1. The lowest BCUT2D eigenvalue weighted by molar-refractivity contribution is 0.101. The fourth-order valence-corrected chi connectivity index (χ4v) is 2.11. The van der Waals surface area contributed by atoms with Crippen molar-refractivity contribution in [3.63, 3.8) is 0 Å². The van der Waals surface area contributed by atoms with Crippen LogP contribution in [-0.4, -0.2) is 10.4 Å². The van der Waals surface area contributed by atoms with Crippen LogP contribution in [0, 0.1) is 0 Å². The average molecular weight is 236 g/mol. The Balaban J connectivity index is 2.81. The molecule has 16 heavy (non-hydrogen) atoms. The summed E-state index contributed by atoms with van der Waals surface area (Å²) in [6.07, 6.45) is 1.91. The van der Waals surface area contributed by atoms with E-state index in [0.29, 0.717) is 11.1 Å². The van der Waals surface area contributed by atoms with E-state index in [2.05, 4.69) is 18.4 Å². The van der Waals surface area contributed by atoms with E-state index in [9.17, 15) is 4.79 Å². The third kappa shape index (κ3) is 1.74. The van der Waals surface area contributed by atoms with E-state index < -0.39 is 0 Å². The second kappa shape index (κ2) is 3.95. The summed E-state index contributed by atoms with van der Waals surface area (Å²) in [6.45, 7) is 5.77. The van der Waals surface area contributed by atoms with Crippen molar-refractivity contribution >= 4 is 28.3 Å². The Kier molecular flexibility index (Phi) is 2.76. The van der Waals surface area contributed by atoms with Gasteiger partial charge in [-0.2, -0.15) is 0 Å². The van der Waals surface area contributed by atoms with Crippen LogP contribution in [0.15, 0.2) is 24.4 Å². The standard InChI is InChI=1S/C13H14ClNO/c1-8(2)15-7-12(9(3)16)11-6-10(14)4-5-13(11)15/h4-8H,1-3H3. The second-order valence-electron chi connectivity index (χ2n) is 4.26. The lowest BCUT2D eigenvalue weighted by Gasteiger charge is -2.08. The Labute approximate surface area is 99.8 Å². The predicted molar refractivity (Wildman–Crippen MR) is 67.3 cm³/mol. The van der Waals surface area contributed by atoms with Crippen LogP contribution in [0.4, 0.5) is 0 Å². The van der Waals surface area contributed by atoms with Crippen molar-refractivity contribution in [2.24, 2.45) is 0 Å². The van der Waals surface area contributed by atoms with Gasteiger partial charge in [-0.15, -0.1) is 0 Å². The maximum absolute atomic E-state index is 11.6. The van der Waals surface area contributed by atoms with Crippen molar-refractivity contribution in [3.8, 4) is 0 Å². The number of ketones is 1. The van der Waals surface area contributed by atoms with Gasteiger partial charge in [-0.1, -0.05) is 11.6 Å². The highest BCUT2D eigenvalue weighted by molar-refractivity contribution is 6.31. The molecule has 0 bridgehead atoms. The normalized spacial score (nSPS) is 11.3. The van der Waals surface area contributed by atoms with Crippen molar-refractivity contribution in [1.82, 2.24) is 4.57 Å². The molecule has 0 saturated carbocycles. The molecule has 2 aromatic rings. The first-order valence-electron chi connectivity index (χ1n) is 5.31. The summed E-state index contributed by atoms with van der Waals surface area (Å²) in [6, 6.07) is 6.00. The number of aromatic nitrogens is 1. The third-order valence-corrected chi connectivity index (χ3v) is 2.97. The minimum Gasteiger partial charge on any atom is -0.344 e. The molecular formula is C13H14ClNO. The lowest BCUT2D eigenvalue weighted by atomic mass is 10.1. The Hall–Kier alpha value is -1.28. The van der Waals surface area contributed by atoms with E-state index in [1.807, 2.05) is 24.4 Å². The van der Waals surface area contributed by atoms with Crippen molar-refractivity contribution in [2.75, 3.05) is 0 Å². The Morgan fingerprint density at radius 3 is 2.62 bits per heavy atom. The van der Waals surface area contributed by atoms with Gasteiger partial charge in [0.1, 0.15) is 0 Å². The Morgan fingerprint density at radius 2 is 2.06 bits per heavy atom. The van der Waals surface area contributed by atoms with E-state index in [1.165, 1.54) is 0 Å². The smallest absolute Gasteiger partial charge is 0.161 e. The summed E-state index contributed by atoms with van der Waals surface area (Å²) in [7, 11) is 0. The van der Waals surface area contributed by atoms with Crippen LogP contribution in [0.2, 0.25) is 5.02 Å². The first-order valence-corrected chi connectivity index (χ1v) is 5.69. The molecule has 0 radical (unpaired) electrons. The van der Waals surface area contributed by atoms with Gasteiger partial charge in [0.15, 0.2) is 5.78 Å². The number of benzene rings is 1. The SMILES string of the molecule is CC(=O)c1cn(C(C)C)c2ccc(Cl)cc12. The summed E-state index contributed by atoms with van der Waals surface area (Å²) in [4.78, 5) is 11.6. The van der Waals surface area contributed by atoms with Gasteiger partial charge in [-0.05, 0) is 39.0 Å². The second-order valence-corrected chi connectivity index (χ2v) is 4.70. The number of rotatable bonds is 2. The molecule has 0 aliphatic carbocycles. The molecule has 3 heteroatoms. The summed E-state index contributed by atoms with van der Waals surface area (Å²) in [5.41, 5.74) is 1.80. The summed E-state index contributed by atoms with van der Waals surface area (Å²) < 4.78 is 2.10. The highest BCUT2D eigenvalue weighted by Gasteiger charge is 2.13. The molecule has 1 heterocycles. The first kappa shape index (κ1) is 11.2. The molecule has 0 amide bonds. The number of carbonyl (C=O) groups excluding carboxylic acids is 1. The van der Waals surface area contributed by atoms with Crippen LogP contribution in [0.3, 0.4) is 0 Å². The fraction of sp³-hybridized carbons (Fsp3) is 0.308. The molecule has 0 aliphatic heterocycles. The molecule has 0 aliphatic rings. The summed E-state index contributed by atoms with van der Waals surface area (Å²) in [5.74, 6) is 0.0756. The highest BCUT2D eigenvalue weighted by Crippen LogP contribution is 2.27. The zero-order valence-corrected chi connectivity index (χ0v) is 10.4. The first-order chi connectivity index (χ1) is 7.50. The number of nitrogens with zero attached hydrogens (tertiary/aromatic N) is 1. The van der Waals surface area contributed by atoms with Crippen molar-refractivity contribution in [1.29, 1.82) is 0 Å². The molecule has 1 aromatic carbocycles. The Bertz CT molecular complexity index is 554. The average Bonchev–Trinajstić information content (AvgIpc) is 2.56. The molecule has 84 valence electrons. The topological polar surface area (TPSA) is 22.0 Å². The maximum atomic E-state index is 11.6. The molecule has 0 fully saturated rings. The van der Waals surface area contributed by atoms with E-state index in [4.69, 9.17) is 11.6 Å². The summed E-state index contributed by atoms with van der Waals surface area (Å²) >= 11 is 5.96. The molecule has 1 aromatic heterocycles. The van der Waals surface area contributed by atoms with Gasteiger partial charge < -0.3 is 4.57 Å². The van der Waals surface area contributed by atoms with Crippen LogP contribution in [-0.2, 0) is 0 Å². The highest BCUT2D eigenvalue weighted by atomic mass is 35.5. The van der Waals surface area contributed by atoms with Crippen molar-refractivity contribution in [2.45, 2.75) is 26.8 Å². The minimum atomic E-state index is 0.0756. The third-order valence-electron chi connectivity index (χ3n) is 2.73. The largest absolute Gasteiger partial charge is 0.344 e. The van der Waals surface area contributed by atoms with E-state index in [1.54, 1.807) is 6.92 Å². The van der Waals surface area contributed by atoms with E-state index in [-0.39, 0.29) is 5.78 Å². The van der Waals surface area contributed by atoms with Crippen LogP contribution < -0.4 is 0 Å². The molecule has 0 saturated heterocycles. The number of halogens is 1. The van der Waals surface area contributed by atoms with Gasteiger partial charge in [-0.25, -0.2) is 0 Å². The van der Waals surface area contributed by atoms with Crippen LogP contribution in [0.5, 0.6) is 0 Å². The predicted octanol–water partition coefficient (Wildman–Crippen LogP) is 4.08. The molecule has 0 N–H and O–H groups in total. The minimum absolute atomic E-state index is 0.0756. The zero-order valence-electron chi connectivity index (χ0n) is 9.62. The lowest BCUT2D eigenvalue weighted by Crippen LogP contribution is -1.98. The molecule has 2 rings (SSSR count). The number of carbonyl (C=O) groups is 1. The number of hydrogen-bond acceptors (Lipinski definition) is 1. The van der Waals surface area contributed by atoms with Crippen LogP contribution in [0.1, 0.15) is 37.2 Å². The van der Waals surface area contributed by atoms with E-state index in [0.717, 1.165) is 16.5 Å². The number of fused-ring (bicyclic) bond motifs is 1. The van der Waals surface area contributed by atoms with Gasteiger partial charge in [0.2, 0.25) is 0 Å². The molecule has 0 unspecified atom stereocenters. The monoisotopic (exact) mass is 235 g/mol. The van der Waals surface area contributed by atoms with Gasteiger partial charge in [0.25, 0.3) is 0 Å². The fourth-order valence-electron chi connectivity index (χ4n) is 1.94. The molecule has 0 spiro atoms. The van der Waals surface area contributed by atoms with Gasteiger partial charge in [0, 0.05) is 33.7 Å². The molecular weight excluding hydrogens is 222 g/mol. The van der Waals surface area contributed by atoms with Crippen molar-refractivity contribution in [3.05, 3.63) is 35.0 Å². The zero-order chi connectivity index (χ0) is 11.9. The quantitative estimate of drug-likeness (QED) is 0.719. The van der Waals surface area contributed by atoms with Gasteiger partial charge in [-0.3, -0.25) is 4.79 Å². The number of hydrogen-bond donors (Lipinski definition) is 0. The Morgan fingerprint density at radius 1 is 1.38 bits per heavy atom. The maximum Gasteiger partial charge on any atom is 0.161 e. The van der Waals surface area contributed by atoms with Gasteiger partial charge >= 0.3 is 0 Å². The van der Waals surface area contributed by atoms with Crippen LogP contribution in [0.25, 0.3) is 10.9 Å².